The molecule has 0 aliphatic heterocycles. The van der Waals surface area contributed by atoms with Gasteiger partial charge in [-0.3, -0.25) is 0 Å². The number of aryl methyl sites for hydroxylation is 1. The van der Waals surface area contributed by atoms with Gasteiger partial charge in [0.15, 0.2) is 0 Å². The second-order valence-corrected chi connectivity index (χ2v) is 5.89. The lowest BCUT2D eigenvalue weighted by atomic mass is 10.1. The van der Waals surface area contributed by atoms with E-state index < -0.39 is 18.0 Å². The van der Waals surface area contributed by atoms with Gasteiger partial charge in [-0.05, 0) is 25.0 Å². The summed E-state index contributed by atoms with van der Waals surface area (Å²) in [6, 6.07) is 16.1. The van der Waals surface area contributed by atoms with Crippen molar-refractivity contribution >= 4 is 11.9 Å². The molecule has 0 spiro atoms. The molecule has 0 heterocycles. The van der Waals surface area contributed by atoms with Crippen LogP contribution in [0.15, 0.2) is 54.6 Å². The van der Waals surface area contributed by atoms with E-state index in [1.807, 2.05) is 25.1 Å². The van der Waals surface area contributed by atoms with Gasteiger partial charge in [0.05, 0.1) is 12.2 Å². The molecule has 0 aromatic heterocycles. The van der Waals surface area contributed by atoms with Crippen molar-refractivity contribution in [2.45, 2.75) is 39.2 Å². The molecule has 0 bridgehead atoms. The molecule has 132 valence electrons. The lowest BCUT2D eigenvalue weighted by Crippen LogP contribution is -2.23. The molecular formula is C21H24O4. The summed E-state index contributed by atoms with van der Waals surface area (Å²) in [5.41, 5.74) is 1.85. The summed E-state index contributed by atoms with van der Waals surface area (Å²) >= 11 is 0. The summed E-state index contributed by atoms with van der Waals surface area (Å²) in [6.07, 6.45) is 1.78. The molecule has 0 saturated carbocycles. The fraction of sp³-hybridized carbons (Fsp3) is 0.333. The third kappa shape index (κ3) is 5.45. The maximum absolute atomic E-state index is 12.5. The highest BCUT2D eigenvalue weighted by atomic mass is 16.6. The zero-order valence-corrected chi connectivity index (χ0v) is 14.7. The topological polar surface area (TPSA) is 52.6 Å². The van der Waals surface area contributed by atoms with Crippen molar-refractivity contribution in [3.63, 3.8) is 0 Å². The van der Waals surface area contributed by atoms with Gasteiger partial charge in [0, 0.05) is 5.56 Å². The van der Waals surface area contributed by atoms with Crippen LogP contribution < -0.4 is 0 Å². The van der Waals surface area contributed by atoms with E-state index in [1.165, 1.54) is 0 Å². The van der Waals surface area contributed by atoms with Gasteiger partial charge in [-0.25, -0.2) is 9.59 Å². The average Bonchev–Trinajstić information content (AvgIpc) is 2.64. The third-order valence-electron chi connectivity index (χ3n) is 3.90. The number of hydrogen-bond acceptors (Lipinski definition) is 4. The van der Waals surface area contributed by atoms with E-state index in [-0.39, 0.29) is 0 Å². The van der Waals surface area contributed by atoms with E-state index in [0.29, 0.717) is 17.7 Å². The van der Waals surface area contributed by atoms with Gasteiger partial charge in [0.25, 0.3) is 0 Å². The summed E-state index contributed by atoms with van der Waals surface area (Å²) in [5.74, 6) is -1.07. The Bertz CT molecular complexity index is 694. The Labute approximate surface area is 148 Å². The van der Waals surface area contributed by atoms with Crippen LogP contribution in [0.1, 0.15) is 53.8 Å². The molecule has 0 N–H and O–H groups in total. The van der Waals surface area contributed by atoms with Crippen molar-refractivity contribution in [1.29, 1.82) is 0 Å². The fourth-order valence-corrected chi connectivity index (χ4v) is 2.45. The van der Waals surface area contributed by atoms with Crippen LogP contribution in [-0.2, 0) is 14.3 Å². The molecule has 0 aliphatic carbocycles. The summed E-state index contributed by atoms with van der Waals surface area (Å²) in [5, 5.41) is 0. The van der Waals surface area contributed by atoms with Gasteiger partial charge in [-0.15, -0.1) is 0 Å². The number of rotatable bonds is 8. The maximum Gasteiger partial charge on any atom is 0.352 e. The van der Waals surface area contributed by atoms with Crippen LogP contribution in [-0.4, -0.2) is 18.5 Å². The van der Waals surface area contributed by atoms with Crippen LogP contribution in [0.2, 0.25) is 0 Å². The molecule has 25 heavy (non-hydrogen) atoms. The molecule has 4 nitrogen and oxygen atoms in total. The van der Waals surface area contributed by atoms with Gasteiger partial charge >= 0.3 is 11.9 Å². The normalized spacial score (nSPS) is 11.6. The van der Waals surface area contributed by atoms with Gasteiger partial charge in [0.1, 0.15) is 0 Å². The Hall–Kier alpha value is -2.62. The van der Waals surface area contributed by atoms with E-state index >= 15 is 0 Å². The smallest absolute Gasteiger partial charge is 0.352 e. The van der Waals surface area contributed by atoms with Crippen molar-refractivity contribution in [1.82, 2.24) is 0 Å². The molecule has 0 radical (unpaired) electrons. The Morgan fingerprint density at radius 1 is 0.960 bits per heavy atom. The van der Waals surface area contributed by atoms with Crippen molar-refractivity contribution in [2.75, 3.05) is 6.61 Å². The first-order valence-corrected chi connectivity index (χ1v) is 8.61. The summed E-state index contributed by atoms with van der Waals surface area (Å²) in [7, 11) is 0. The molecule has 0 aliphatic rings. The number of carbonyl (C=O) groups excluding carboxylic acids is 2. The maximum atomic E-state index is 12.5. The van der Waals surface area contributed by atoms with Crippen molar-refractivity contribution in [3.8, 4) is 0 Å². The predicted octanol–water partition coefficient (Wildman–Crippen LogP) is 4.63. The van der Waals surface area contributed by atoms with Crippen LogP contribution in [0.4, 0.5) is 0 Å². The van der Waals surface area contributed by atoms with E-state index in [0.717, 1.165) is 24.8 Å². The zero-order chi connectivity index (χ0) is 18.1. The monoisotopic (exact) mass is 340 g/mol. The minimum absolute atomic E-state index is 0.331. The number of hydrogen-bond donors (Lipinski definition) is 0. The molecule has 2 rings (SSSR count). The minimum Gasteiger partial charge on any atom is -0.463 e. The second kappa shape index (κ2) is 9.62. The Morgan fingerprint density at radius 3 is 2.32 bits per heavy atom. The van der Waals surface area contributed by atoms with Crippen LogP contribution in [0.25, 0.3) is 0 Å². The molecule has 0 saturated heterocycles. The molecule has 0 amide bonds. The predicted molar refractivity (Wildman–Crippen MR) is 96.3 cm³/mol. The van der Waals surface area contributed by atoms with Gasteiger partial charge < -0.3 is 9.47 Å². The second-order valence-electron chi connectivity index (χ2n) is 5.89. The minimum atomic E-state index is -1.06. The first kappa shape index (κ1) is 18.7. The molecule has 1 unspecified atom stereocenters. The zero-order valence-electron chi connectivity index (χ0n) is 14.7. The van der Waals surface area contributed by atoms with Gasteiger partial charge in [-0.2, -0.15) is 0 Å². The molecule has 0 fully saturated rings. The van der Waals surface area contributed by atoms with Gasteiger partial charge in [-0.1, -0.05) is 68.3 Å². The van der Waals surface area contributed by atoms with E-state index in [4.69, 9.17) is 9.47 Å². The summed E-state index contributed by atoms with van der Waals surface area (Å²) < 4.78 is 10.8. The number of unbranched alkanes of at least 4 members (excludes halogenated alkanes) is 2. The largest absolute Gasteiger partial charge is 0.463 e. The van der Waals surface area contributed by atoms with Crippen LogP contribution in [0.5, 0.6) is 0 Å². The lowest BCUT2D eigenvalue weighted by Gasteiger charge is -2.18. The van der Waals surface area contributed by atoms with E-state index in [1.54, 1.807) is 36.4 Å². The Balaban J connectivity index is 2.13. The molecule has 4 heteroatoms. The molecule has 2 aromatic carbocycles. The molecular weight excluding hydrogens is 316 g/mol. The summed E-state index contributed by atoms with van der Waals surface area (Å²) in [4.78, 5) is 25.0. The van der Waals surface area contributed by atoms with Crippen LogP contribution >= 0.6 is 0 Å². The number of esters is 2. The van der Waals surface area contributed by atoms with E-state index in [2.05, 4.69) is 6.92 Å². The van der Waals surface area contributed by atoms with Crippen molar-refractivity contribution in [3.05, 3.63) is 71.3 Å². The van der Waals surface area contributed by atoms with Gasteiger partial charge in [0.2, 0.25) is 6.10 Å². The Kier molecular flexibility index (Phi) is 7.20. The number of benzene rings is 2. The highest BCUT2D eigenvalue weighted by Gasteiger charge is 2.27. The first-order chi connectivity index (χ1) is 12.1. The van der Waals surface area contributed by atoms with E-state index in [9.17, 15) is 9.59 Å². The Morgan fingerprint density at radius 2 is 1.64 bits per heavy atom. The standard InChI is InChI=1S/C21H24O4/c1-3-4-10-15-24-21(23)19(17-12-6-5-7-13-17)25-20(22)18-14-9-8-11-16(18)2/h5-9,11-14,19H,3-4,10,15H2,1-2H3. The van der Waals surface area contributed by atoms with Crippen molar-refractivity contribution < 1.29 is 19.1 Å². The highest BCUT2D eigenvalue weighted by molar-refractivity contribution is 5.93. The number of carbonyl (C=O) groups is 2. The highest BCUT2D eigenvalue weighted by Crippen LogP contribution is 2.22. The molecule has 1 atom stereocenters. The SMILES string of the molecule is CCCCCOC(=O)C(OC(=O)c1ccccc1C)c1ccccc1. The number of ether oxygens (including phenoxy) is 2. The quantitative estimate of drug-likeness (QED) is 0.519. The first-order valence-electron chi connectivity index (χ1n) is 8.61. The average molecular weight is 340 g/mol. The van der Waals surface area contributed by atoms with Crippen molar-refractivity contribution in [2.24, 2.45) is 0 Å². The fourth-order valence-electron chi connectivity index (χ4n) is 2.45. The lowest BCUT2D eigenvalue weighted by molar-refractivity contribution is -0.154. The molecule has 2 aromatic rings. The summed E-state index contributed by atoms with van der Waals surface area (Å²) in [6.45, 7) is 4.24. The van der Waals surface area contributed by atoms with Crippen LogP contribution in [0.3, 0.4) is 0 Å². The van der Waals surface area contributed by atoms with Crippen LogP contribution in [0, 0.1) is 6.92 Å². The third-order valence-corrected chi connectivity index (χ3v) is 3.90.